The highest BCUT2D eigenvalue weighted by atomic mass is 32.2. The average Bonchev–Trinajstić information content (AvgIpc) is 3.12. The van der Waals surface area contributed by atoms with Gasteiger partial charge in [-0.15, -0.1) is 10.2 Å². The molecule has 3 rings (SSSR count). The fourth-order valence-electron chi connectivity index (χ4n) is 3.87. The van der Waals surface area contributed by atoms with Crippen LogP contribution in [0.15, 0.2) is 29.4 Å². The fraction of sp³-hybridized carbons (Fsp3) is 0.571. The minimum Gasteiger partial charge on any atom is -0.496 e. The molecule has 1 aromatic carbocycles. The number of ether oxygens (including phenoxy) is 1. The Kier molecular flexibility index (Phi) is 6.99. The number of methoxy groups -OCH3 is 1. The number of carbonyl (C=O) groups excluding carboxylic acids is 1. The van der Waals surface area contributed by atoms with E-state index in [-0.39, 0.29) is 11.9 Å². The zero-order valence-electron chi connectivity index (χ0n) is 17.1. The number of carbonyl (C=O) groups is 1. The normalized spacial score (nSPS) is 22.1. The van der Waals surface area contributed by atoms with Crippen molar-refractivity contribution in [1.82, 2.24) is 20.1 Å². The van der Waals surface area contributed by atoms with Gasteiger partial charge in [0.2, 0.25) is 5.91 Å². The van der Waals surface area contributed by atoms with Crippen LogP contribution in [0, 0.1) is 11.8 Å². The van der Waals surface area contributed by atoms with Gasteiger partial charge in [-0.1, -0.05) is 50.6 Å². The zero-order valence-corrected chi connectivity index (χ0v) is 18.0. The van der Waals surface area contributed by atoms with Crippen molar-refractivity contribution < 1.29 is 9.53 Å². The van der Waals surface area contributed by atoms with E-state index in [2.05, 4.69) is 36.3 Å². The summed E-state index contributed by atoms with van der Waals surface area (Å²) in [5.74, 6) is 3.14. The molecule has 0 unspecified atom stereocenters. The van der Waals surface area contributed by atoms with Crippen LogP contribution in [0.25, 0.3) is 11.4 Å². The first-order valence-electron chi connectivity index (χ1n) is 10.0. The number of para-hydroxylation sites is 1. The molecular formula is C21H30N4O2S. The van der Waals surface area contributed by atoms with E-state index in [1.165, 1.54) is 24.6 Å². The highest BCUT2D eigenvalue weighted by molar-refractivity contribution is 7.99. The summed E-state index contributed by atoms with van der Waals surface area (Å²) >= 11 is 1.44. The van der Waals surface area contributed by atoms with Gasteiger partial charge < -0.3 is 14.6 Å². The largest absolute Gasteiger partial charge is 0.496 e. The maximum absolute atomic E-state index is 12.5. The Morgan fingerprint density at radius 2 is 2.07 bits per heavy atom. The molecule has 1 aliphatic carbocycles. The molecule has 1 N–H and O–H groups in total. The van der Waals surface area contributed by atoms with Crippen molar-refractivity contribution in [1.29, 1.82) is 0 Å². The smallest absolute Gasteiger partial charge is 0.230 e. The Balaban J connectivity index is 1.66. The van der Waals surface area contributed by atoms with Crippen LogP contribution in [0.4, 0.5) is 0 Å². The third-order valence-electron chi connectivity index (χ3n) is 5.77. The molecule has 0 spiro atoms. The van der Waals surface area contributed by atoms with Gasteiger partial charge >= 0.3 is 0 Å². The maximum atomic E-state index is 12.5. The van der Waals surface area contributed by atoms with Crippen molar-refractivity contribution in [3.05, 3.63) is 24.3 Å². The van der Waals surface area contributed by atoms with E-state index in [1.54, 1.807) is 7.11 Å². The standard InChI is InChI=1S/C21H30N4O2S/c1-5-25-20(16-10-6-7-12-18(16)27-4)23-24-21(25)28-13-19(26)22-17-11-8-9-14(2)15(17)3/h6-7,10,12,14-15,17H,5,8-9,11,13H2,1-4H3,(H,22,26)/t14-,15-,17-/m0/s1. The van der Waals surface area contributed by atoms with Crippen molar-refractivity contribution >= 4 is 17.7 Å². The molecule has 1 saturated carbocycles. The molecule has 3 atom stereocenters. The minimum atomic E-state index is 0.0699. The summed E-state index contributed by atoms with van der Waals surface area (Å²) in [6, 6.07) is 8.06. The lowest BCUT2D eigenvalue weighted by Gasteiger charge is -2.34. The molecule has 1 aromatic heterocycles. The van der Waals surface area contributed by atoms with Crippen LogP contribution < -0.4 is 10.1 Å². The van der Waals surface area contributed by atoms with Gasteiger partial charge in [0.1, 0.15) is 5.75 Å². The molecule has 1 fully saturated rings. The molecule has 2 aromatic rings. The van der Waals surface area contributed by atoms with E-state index in [0.29, 0.717) is 17.6 Å². The molecule has 0 radical (unpaired) electrons. The summed E-state index contributed by atoms with van der Waals surface area (Å²) < 4.78 is 7.49. The van der Waals surface area contributed by atoms with E-state index < -0.39 is 0 Å². The van der Waals surface area contributed by atoms with Crippen LogP contribution in [-0.4, -0.2) is 39.6 Å². The fourth-order valence-corrected chi connectivity index (χ4v) is 4.69. The lowest BCUT2D eigenvalue weighted by Crippen LogP contribution is -2.44. The number of aromatic nitrogens is 3. The average molecular weight is 403 g/mol. The van der Waals surface area contributed by atoms with Gasteiger partial charge in [0.05, 0.1) is 18.4 Å². The van der Waals surface area contributed by atoms with Gasteiger partial charge in [-0.05, 0) is 37.3 Å². The number of rotatable bonds is 7. The van der Waals surface area contributed by atoms with Crippen LogP contribution in [0.2, 0.25) is 0 Å². The van der Waals surface area contributed by atoms with Crippen molar-refractivity contribution in [3.8, 4) is 17.1 Å². The van der Waals surface area contributed by atoms with Crippen LogP contribution in [0.1, 0.15) is 40.0 Å². The zero-order chi connectivity index (χ0) is 20.1. The summed E-state index contributed by atoms with van der Waals surface area (Å²) in [4.78, 5) is 12.5. The van der Waals surface area contributed by atoms with Crippen LogP contribution >= 0.6 is 11.8 Å². The van der Waals surface area contributed by atoms with E-state index in [1.807, 2.05) is 28.8 Å². The van der Waals surface area contributed by atoms with Gasteiger partial charge in [-0.25, -0.2) is 0 Å². The number of nitrogens with zero attached hydrogens (tertiary/aromatic N) is 3. The molecule has 0 bridgehead atoms. The predicted molar refractivity (Wildman–Crippen MR) is 113 cm³/mol. The topological polar surface area (TPSA) is 69.0 Å². The number of benzene rings is 1. The second kappa shape index (κ2) is 9.45. The van der Waals surface area contributed by atoms with Gasteiger partial charge in [0, 0.05) is 12.6 Å². The Bertz CT molecular complexity index is 807. The highest BCUT2D eigenvalue weighted by Crippen LogP contribution is 2.31. The summed E-state index contributed by atoms with van der Waals surface area (Å²) in [6.45, 7) is 7.30. The lowest BCUT2D eigenvalue weighted by molar-refractivity contribution is -0.120. The number of hydrogen-bond donors (Lipinski definition) is 1. The second-order valence-corrected chi connectivity index (χ2v) is 8.42. The first-order chi connectivity index (χ1) is 13.5. The van der Waals surface area contributed by atoms with Gasteiger partial charge in [-0.3, -0.25) is 4.79 Å². The maximum Gasteiger partial charge on any atom is 0.230 e. The minimum absolute atomic E-state index is 0.0699. The second-order valence-electron chi connectivity index (χ2n) is 7.48. The van der Waals surface area contributed by atoms with Crippen LogP contribution in [0.3, 0.4) is 0 Å². The Morgan fingerprint density at radius 3 is 2.82 bits per heavy atom. The molecule has 0 saturated heterocycles. The SMILES string of the molecule is CCn1c(SCC(=O)N[C@H]2CCC[C@H](C)[C@@H]2C)nnc1-c1ccccc1OC. The summed E-state index contributed by atoms with van der Waals surface area (Å²) in [5.41, 5.74) is 0.903. The first kappa shape index (κ1) is 20.7. The molecule has 6 nitrogen and oxygen atoms in total. The lowest BCUT2D eigenvalue weighted by atomic mass is 9.78. The molecule has 1 amide bonds. The van der Waals surface area contributed by atoms with E-state index in [4.69, 9.17) is 4.74 Å². The Hall–Kier alpha value is -2.02. The van der Waals surface area contributed by atoms with E-state index in [9.17, 15) is 4.79 Å². The molecular weight excluding hydrogens is 372 g/mol. The number of nitrogens with one attached hydrogen (secondary N) is 1. The van der Waals surface area contributed by atoms with Crippen molar-refractivity contribution in [2.75, 3.05) is 12.9 Å². The Labute approximate surface area is 171 Å². The summed E-state index contributed by atoms with van der Waals surface area (Å²) in [5, 5.41) is 12.7. The predicted octanol–water partition coefficient (Wildman–Crippen LogP) is 4.01. The molecule has 28 heavy (non-hydrogen) atoms. The van der Waals surface area contributed by atoms with Crippen molar-refractivity contribution in [3.63, 3.8) is 0 Å². The number of hydrogen-bond acceptors (Lipinski definition) is 5. The third-order valence-corrected chi connectivity index (χ3v) is 6.73. The van der Waals surface area contributed by atoms with E-state index in [0.717, 1.165) is 35.3 Å². The molecule has 0 aliphatic heterocycles. The monoisotopic (exact) mass is 402 g/mol. The first-order valence-corrected chi connectivity index (χ1v) is 11.0. The molecule has 1 heterocycles. The Morgan fingerprint density at radius 1 is 1.29 bits per heavy atom. The quantitative estimate of drug-likeness (QED) is 0.709. The summed E-state index contributed by atoms with van der Waals surface area (Å²) in [6.07, 6.45) is 3.52. The van der Waals surface area contributed by atoms with Crippen molar-refractivity contribution in [2.45, 2.75) is 57.8 Å². The number of thioether (sulfide) groups is 1. The van der Waals surface area contributed by atoms with Gasteiger partial charge in [-0.2, -0.15) is 0 Å². The van der Waals surface area contributed by atoms with Gasteiger partial charge in [0.15, 0.2) is 11.0 Å². The third kappa shape index (κ3) is 4.51. The molecule has 152 valence electrons. The van der Waals surface area contributed by atoms with Crippen molar-refractivity contribution in [2.24, 2.45) is 11.8 Å². The molecule has 1 aliphatic rings. The summed E-state index contributed by atoms with van der Waals surface area (Å²) in [7, 11) is 1.65. The van der Waals surface area contributed by atoms with Crippen LogP contribution in [-0.2, 0) is 11.3 Å². The van der Waals surface area contributed by atoms with E-state index >= 15 is 0 Å². The highest BCUT2D eigenvalue weighted by Gasteiger charge is 2.28. The number of amides is 1. The van der Waals surface area contributed by atoms with Crippen LogP contribution in [0.5, 0.6) is 5.75 Å². The molecule has 7 heteroatoms. The van der Waals surface area contributed by atoms with Gasteiger partial charge in [0.25, 0.3) is 0 Å².